The first-order valence-corrected chi connectivity index (χ1v) is 10.2. The molecule has 0 spiro atoms. The van der Waals surface area contributed by atoms with Gasteiger partial charge >= 0.3 is 5.97 Å². The Kier molecular flexibility index (Phi) is 6.88. The monoisotopic (exact) mass is 420 g/mol. The second-order valence-electron chi connectivity index (χ2n) is 6.76. The van der Waals surface area contributed by atoms with Crippen molar-refractivity contribution in [3.8, 4) is 5.75 Å². The lowest BCUT2D eigenvalue weighted by molar-refractivity contribution is -0.119. The second kappa shape index (κ2) is 9.37. The number of benzene rings is 1. The number of rotatable bonds is 9. The number of aliphatic hydroxyl groups is 1. The van der Waals surface area contributed by atoms with Crippen LogP contribution in [-0.4, -0.2) is 28.6 Å². The summed E-state index contributed by atoms with van der Waals surface area (Å²) in [5.41, 5.74) is 0.659. The maximum Gasteiger partial charge on any atom is 0.345 e. The summed E-state index contributed by atoms with van der Waals surface area (Å²) < 4.78 is 5.79. The van der Waals surface area contributed by atoms with Crippen molar-refractivity contribution in [3.63, 3.8) is 0 Å². The first-order valence-electron chi connectivity index (χ1n) is 9.03. The van der Waals surface area contributed by atoms with Crippen LogP contribution in [0.1, 0.15) is 33.0 Å². The zero-order chi connectivity index (χ0) is 20.1. The topological polar surface area (TPSA) is 83.8 Å². The Morgan fingerprint density at radius 1 is 1.25 bits per heavy atom. The highest BCUT2D eigenvalue weighted by Crippen LogP contribution is 2.30. The predicted molar refractivity (Wildman–Crippen MR) is 108 cm³/mol. The van der Waals surface area contributed by atoms with Crippen molar-refractivity contribution < 1.29 is 24.5 Å². The van der Waals surface area contributed by atoms with Gasteiger partial charge in [0.25, 0.3) is 0 Å². The zero-order valence-electron chi connectivity index (χ0n) is 15.1. The van der Waals surface area contributed by atoms with E-state index in [1.165, 1.54) is 11.3 Å². The van der Waals surface area contributed by atoms with E-state index >= 15 is 0 Å². The second-order valence-corrected chi connectivity index (χ2v) is 8.36. The number of ketones is 1. The van der Waals surface area contributed by atoms with Gasteiger partial charge in [-0.1, -0.05) is 17.7 Å². The van der Waals surface area contributed by atoms with Crippen LogP contribution in [0.5, 0.6) is 5.75 Å². The molecule has 148 valence electrons. The van der Waals surface area contributed by atoms with E-state index in [-0.39, 0.29) is 30.8 Å². The lowest BCUT2D eigenvalue weighted by Crippen LogP contribution is -2.23. The molecule has 5 nitrogen and oxygen atoms in total. The smallest absolute Gasteiger partial charge is 0.345 e. The summed E-state index contributed by atoms with van der Waals surface area (Å²) in [5, 5.41) is 18.7. The Balaban J connectivity index is 1.53. The van der Waals surface area contributed by atoms with Gasteiger partial charge in [0, 0.05) is 9.90 Å². The maximum atomic E-state index is 12.2. The van der Waals surface area contributed by atoms with E-state index in [0.29, 0.717) is 21.2 Å². The molecule has 1 heterocycles. The standard InChI is InChI=1S/C21H21ClO5S/c22-15-8-13(11-23)9-16(10-15)27-12-18-14(4-6-19(18)24)2-1-3-17-5-7-20(28-17)21(25)26/h4-10,14,18,23H,1-3,11-12H2,(H,25,26)/t14?,18-/m1/s1. The first-order chi connectivity index (χ1) is 13.5. The molecule has 0 amide bonds. The lowest BCUT2D eigenvalue weighted by Gasteiger charge is -2.19. The van der Waals surface area contributed by atoms with Crippen LogP contribution in [0.15, 0.2) is 42.5 Å². The Hall–Kier alpha value is -2.15. The van der Waals surface area contributed by atoms with Crippen molar-refractivity contribution in [2.45, 2.75) is 25.9 Å². The summed E-state index contributed by atoms with van der Waals surface area (Å²) in [6.07, 6.45) is 6.03. The minimum Gasteiger partial charge on any atom is -0.493 e. The van der Waals surface area contributed by atoms with Crippen molar-refractivity contribution >= 4 is 34.7 Å². The first kappa shape index (κ1) is 20.6. The molecule has 2 N–H and O–H groups in total. The third-order valence-corrected chi connectivity index (χ3v) is 6.12. The molecule has 0 saturated carbocycles. The molecule has 1 unspecified atom stereocenters. The number of aryl methyl sites for hydroxylation is 1. The number of halogens is 1. The molecule has 1 aromatic carbocycles. The van der Waals surface area contributed by atoms with E-state index in [9.17, 15) is 14.7 Å². The van der Waals surface area contributed by atoms with Crippen molar-refractivity contribution in [3.05, 3.63) is 62.8 Å². The van der Waals surface area contributed by atoms with E-state index < -0.39 is 5.97 Å². The van der Waals surface area contributed by atoms with E-state index in [1.54, 1.807) is 30.3 Å². The number of carbonyl (C=O) groups is 2. The van der Waals surface area contributed by atoms with Gasteiger partial charge in [-0.25, -0.2) is 4.79 Å². The largest absolute Gasteiger partial charge is 0.493 e. The van der Waals surface area contributed by atoms with E-state index in [4.69, 9.17) is 21.4 Å². The number of carboxylic acid groups (broad SMARTS) is 1. The molecule has 2 aromatic rings. The molecule has 7 heteroatoms. The molecule has 3 rings (SSSR count). The molecule has 0 saturated heterocycles. The summed E-state index contributed by atoms with van der Waals surface area (Å²) in [5.74, 6) is -0.450. The van der Waals surface area contributed by atoms with Gasteiger partial charge in [0.15, 0.2) is 5.78 Å². The fourth-order valence-electron chi connectivity index (χ4n) is 3.31. The third-order valence-electron chi connectivity index (χ3n) is 4.77. The summed E-state index contributed by atoms with van der Waals surface area (Å²) in [6.45, 7) is 0.125. The Labute approximate surface area is 172 Å². The van der Waals surface area contributed by atoms with Crippen LogP contribution in [0, 0.1) is 11.8 Å². The highest BCUT2D eigenvalue weighted by molar-refractivity contribution is 7.13. The average molecular weight is 421 g/mol. The summed E-state index contributed by atoms with van der Waals surface area (Å²) >= 11 is 7.32. The van der Waals surface area contributed by atoms with Gasteiger partial charge in [-0.05, 0) is 67.2 Å². The van der Waals surface area contributed by atoms with E-state index in [1.807, 2.05) is 12.1 Å². The number of aromatic carboxylic acids is 1. The summed E-state index contributed by atoms with van der Waals surface area (Å²) in [4.78, 5) is 24.5. The van der Waals surface area contributed by atoms with E-state index in [0.717, 1.165) is 24.1 Å². The number of hydrogen-bond acceptors (Lipinski definition) is 5. The highest BCUT2D eigenvalue weighted by atomic mass is 35.5. The van der Waals surface area contributed by atoms with Crippen LogP contribution < -0.4 is 4.74 Å². The molecule has 1 aliphatic carbocycles. The number of carbonyl (C=O) groups excluding carboxylic acids is 1. The average Bonchev–Trinajstić information content (AvgIpc) is 3.27. The van der Waals surface area contributed by atoms with E-state index in [2.05, 4.69) is 0 Å². The molecule has 1 aliphatic rings. The fraction of sp³-hybridized carbons (Fsp3) is 0.333. The molecule has 2 atom stereocenters. The molecular formula is C21H21ClO5S. The van der Waals surface area contributed by atoms with Crippen LogP contribution in [0.3, 0.4) is 0 Å². The molecule has 28 heavy (non-hydrogen) atoms. The number of ether oxygens (including phenoxy) is 1. The van der Waals surface area contributed by atoms with Crippen LogP contribution in [0.2, 0.25) is 5.02 Å². The van der Waals surface area contributed by atoms with Crippen molar-refractivity contribution in [2.24, 2.45) is 11.8 Å². The van der Waals surface area contributed by atoms with Crippen molar-refractivity contribution in [2.75, 3.05) is 6.61 Å². The van der Waals surface area contributed by atoms with Gasteiger partial charge in [0.2, 0.25) is 0 Å². The number of carboxylic acids is 1. The van der Waals surface area contributed by atoms with Gasteiger partial charge in [-0.2, -0.15) is 0 Å². The maximum absolute atomic E-state index is 12.2. The lowest BCUT2D eigenvalue weighted by atomic mass is 9.90. The minimum absolute atomic E-state index is 0.0543. The van der Waals surface area contributed by atoms with Crippen molar-refractivity contribution in [1.29, 1.82) is 0 Å². The Morgan fingerprint density at radius 3 is 2.79 bits per heavy atom. The van der Waals surface area contributed by atoms with Crippen LogP contribution >= 0.6 is 22.9 Å². The van der Waals surface area contributed by atoms with Gasteiger partial charge in [0.05, 0.1) is 19.1 Å². The predicted octanol–water partition coefficient (Wildman–Crippen LogP) is 4.37. The highest BCUT2D eigenvalue weighted by Gasteiger charge is 2.30. The van der Waals surface area contributed by atoms with Gasteiger partial charge in [-0.15, -0.1) is 11.3 Å². The quantitative estimate of drug-likeness (QED) is 0.629. The molecule has 0 radical (unpaired) electrons. The van der Waals surface area contributed by atoms with Crippen LogP contribution in [0.25, 0.3) is 0 Å². The fourth-order valence-corrected chi connectivity index (χ4v) is 4.45. The number of thiophene rings is 1. The Bertz CT molecular complexity index is 889. The van der Waals surface area contributed by atoms with Crippen molar-refractivity contribution in [1.82, 2.24) is 0 Å². The molecule has 0 bridgehead atoms. The zero-order valence-corrected chi connectivity index (χ0v) is 16.7. The van der Waals surface area contributed by atoms with Gasteiger partial charge in [-0.3, -0.25) is 4.79 Å². The SMILES string of the molecule is O=C(O)c1ccc(CCCC2C=CC(=O)[C@@H]2COc2cc(Cl)cc(CO)c2)s1. The Morgan fingerprint density at radius 2 is 2.07 bits per heavy atom. The van der Waals surface area contributed by atoms with Gasteiger partial charge in [0.1, 0.15) is 10.6 Å². The number of aliphatic hydroxyl groups excluding tert-OH is 1. The molecular weight excluding hydrogens is 400 g/mol. The number of allylic oxidation sites excluding steroid dienone is 2. The number of hydrogen-bond donors (Lipinski definition) is 2. The summed E-state index contributed by atoms with van der Waals surface area (Å²) in [7, 11) is 0. The molecule has 0 aliphatic heterocycles. The minimum atomic E-state index is -0.900. The normalized spacial score (nSPS) is 18.6. The molecule has 1 aromatic heterocycles. The summed E-state index contributed by atoms with van der Waals surface area (Å²) in [6, 6.07) is 8.52. The third kappa shape index (κ3) is 5.22. The molecule has 0 fully saturated rings. The van der Waals surface area contributed by atoms with Gasteiger partial charge < -0.3 is 14.9 Å². The van der Waals surface area contributed by atoms with Crippen LogP contribution in [-0.2, 0) is 17.8 Å². The van der Waals surface area contributed by atoms with Crippen LogP contribution in [0.4, 0.5) is 0 Å².